The first-order chi connectivity index (χ1) is 8.41. The first kappa shape index (κ1) is 14.8. The predicted molar refractivity (Wildman–Crippen MR) is 66.6 cm³/mol. The van der Waals surface area contributed by atoms with Gasteiger partial charge in [0.2, 0.25) is 0 Å². The van der Waals surface area contributed by atoms with Gasteiger partial charge in [-0.25, -0.2) is 0 Å². The van der Waals surface area contributed by atoms with Gasteiger partial charge in [-0.05, 0) is 31.6 Å². The van der Waals surface area contributed by atoms with Crippen LogP contribution in [0.3, 0.4) is 0 Å². The molecule has 5 heteroatoms. The van der Waals surface area contributed by atoms with Crippen molar-refractivity contribution in [2.24, 2.45) is 0 Å². The van der Waals surface area contributed by atoms with E-state index in [1.54, 1.807) is 12.1 Å². The zero-order chi connectivity index (χ0) is 13.6. The molecule has 0 aliphatic carbocycles. The topological polar surface area (TPSA) is 17.1 Å². The van der Waals surface area contributed by atoms with E-state index in [0.717, 1.165) is 17.8 Å². The summed E-state index contributed by atoms with van der Waals surface area (Å²) in [6.45, 7) is 1.43. The van der Waals surface area contributed by atoms with Gasteiger partial charge < -0.3 is 0 Å². The fourth-order valence-corrected chi connectivity index (χ4v) is 2.30. The number of hydrogen-bond donors (Lipinski definition) is 0. The third-order valence-electron chi connectivity index (χ3n) is 2.09. The number of halogens is 3. The summed E-state index contributed by atoms with van der Waals surface area (Å²) in [5.41, 5.74) is -0.606. The van der Waals surface area contributed by atoms with E-state index in [2.05, 4.69) is 0 Å². The second kappa shape index (κ2) is 6.64. The highest BCUT2D eigenvalue weighted by molar-refractivity contribution is 7.99. The van der Waals surface area contributed by atoms with Crippen molar-refractivity contribution < 1.29 is 18.0 Å². The Hall–Kier alpha value is -1.23. The molecule has 0 heterocycles. The molecule has 0 saturated heterocycles. The SMILES string of the molecule is CC(=O)C=CCCSc1ccccc1C(F)(F)F. The van der Waals surface area contributed by atoms with Gasteiger partial charge in [-0.3, -0.25) is 4.79 Å². The highest BCUT2D eigenvalue weighted by Crippen LogP contribution is 2.36. The zero-order valence-corrected chi connectivity index (χ0v) is 10.6. The van der Waals surface area contributed by atoms with Crippen LogP contribution in [0.15, 0.2) is 41.3 Å². The van der Waals surface area contributed by atoms with Crippen molar-refractivity contribution in [1.82, 2.24) is 0 Å². The van der Waals surface area contributed by atoms with Crippen molar-refractivity contribution in [1.29, 1.82) is 0 Å². The van der Waals surface area contributed by atoms with E-state index >= 15 is 0 Å². The Morgan fingerprint density at radius 3 is 2.61 bits per heavy atom. The molecule has 0 aliphatic heterocycles. The van der Waals surface area contributed by atoms with Crippen molar-refractivity contribution in [3.63, 3.8) is 0 Å². The maximum Gasteiger partial charge on any atom is 0.417 e. The first-order valence-electron chi connectivity index (χ1n) is 5.37. The van der Waals surface area contributed by atoms with Gasteiger partial charge in [0.1, 0.15) is 0 Å². The van der Waals surface area contributed by atoms with Crippen molar-refractivity contribution in [3.8, 4) is 0 Å². The van der Waals surface area contributed by atoms with Crippen molar-refractivity contribution in [3.05, 3.63) is 42.0 Å². The molecule has 0 aromatic heterocycles. The van der Waals surface area contributed by atoms with E-state index in [1.165, 1.54) is 25.1 Å². The summed E-state index contributed by atoms with van der Waals surface area (Å²) in [4.78, 5) is 10.8. The van der Waals surface area contributed by atoms with Crippen LogP contribution >= 0.6 is 11.8 Å². The number of carbonyl (C=O) groups excluding carboxylic acids is 1. The van der Waals surface area contributed by atoms with Crippen LogP contribution in [-0.4, -0.2) is 11.5 Å². The van der Waals surface area contributed by atoms with Crippen LogP contribution in [-0.2, 0) is 11.0 Å². The molecular formula is C13H13F3OS. The Bertz CT molecular complexity index is 438. The Labute approximate surface area is 108 Å². The summed E-state index contributed by atoms with van der Waals surface area (Å²) in [7, 11) is 0. The van der Waals surface area contributed by atoms with Gasteiger partial charge in [0.05, 0.1) is 5.56 Å². The van der Waals surface area contributed by atoms with Gasteiger partial charge in [-0.15, -0.1) is 11.8 Å². The monoisotopic (exact) mass is 274 g/mol. The minimum atomic E-state index is -4.32. The lowest BCUT2D eigenvalue weighted by Crippen LogP contribution is -2.06. The lowest BCUT2D eigenvalue weighted by molar-refractivity contribution is -0.139. The average molecular weight is 274 g/mol. The molecule has 98 valence electrons. The number of benzene rings is 1. The molecule has 0 N–H and O–H groups in total. The van der Waals surface area contributed by atoms with E-state index in [4.69, 9.17) is 0 Å². The molecule has 1 aromatic carbocycles. The Morgan fingerprint density at radius 1 is 1.33 bits per heavy atom. The Morgan fingerprint density at radius 2 is 2.00 bits per heavy atom. The normalized spacial score (nSPS) is 12.0. The molecule has 18 heavy (non-hydrogen) atoms. The molecule has 0 radical (unpaired) electrons. The smallest absolute Gasteiger partial charge is 0.295 e. The maximum atomic E-state index is 12.7. The van der Waals surface area contributed by atoms with Gasteiger partial charge in [0.25, 0.3) is 0 Å². The number of thioether (sulfide) groups is 1. The van der Waals surface area contributed by atoms with Crippen LogP contribution < -0.4 is 0 Å². The highest BCUT2D eigenvalue weighted by atomic mass is 32.2. The van der Waals surface area contributed by atoms with Crippen LogP contribution in [0.4, 0.5) is 13.2 Å². The van der Waals surface area contributed by atoms with Crippen LogP contribution in [0.2, 0.25) is 0 Å². The molecule has 1 aromatic rings. The van der Waals surface area contributed by atoms with Crippen LogP contribution in [0.25, 0.3) is 0 Å². The average Bonchev–Trinajstić information content (AvgIpc) is 2.27. The largest absolute Gasteiger partial charge is 0.417 e. The van der Waals surface area contributed by atoms with E-state index in [0.29, 0.717) is 12.2 Å². The summed E-state index contributed by atoms with van der Waals surface area (Å²) in [5.74, 6) is 0.451. The molecule has 1 nitrogen and oxygen atoms in total. The summed E-state index contributed by atoms with van der Waals surface area (Å²) in [6.07, 6.45) is -0.656. The third-order valence-corrected chi connectivity index (χ3v) is 3.19. The third kappa shape index (κ3) is 4.96. The van der Waals surface area contributed by atoms with Crippen LogP contribution in [0.5, 0.6) is 0 Å². The lowest BCUT2D eigenvalue weighted by Gasteiger charge is -2.11. The number of ketones is 1. The zero-order valence-electron chi connectivity index (χ0n) is 9.83. The molecule has 0 bridgehead atoms. The van der Waals surface area contributed by atoms with Gasteiger partial charge >= 0.3 is 6.18 Å². The second-order valence-corrected chi connectivity index (χ2v) is 4.78. The summed E-state index contributed by atoms with van der Waals surface area (Å²) < 4.78 is 38.0. The molecule has 0 aliphatic rings. The number of alkyl halides is 3. The molecule has 0 fully saturated rings. The van der Waals surface area contributed by atoms with Crippen molar-refractivity contribution in [2.45, 2.75) is 24.4 Å². The number of allylic oxidation sites excluding steroid dienone is 2. The van der Waals surface area contributed by atoms with E-state index in [9.17, 15) is 18.0 Å². The molecule has 1 rings (SSSR count). The number of carbonyl (C=O) groups is 1. The fourth-order valence-electron chi connectivity index (χ4n) is 1.31. The van der Waals surface area contributed by atoms with Crippen molar-refractivity contribution in [2.75, 3.05) is 5.75 Å². The quantitative estimate of drug-likeness (QED) is 0.451. The summed E-state index contributed by atoms with van der Waals surface area (Å²) in [5, 5.41) is 0. The number of hydrogen-bond acceptors (Lipinski definition) is 2. The second-order valence-electron chi connectivity index (χ2n) is 3.64. The van der Waals surface area contributed by atoms with E-state index < -0.39 is 11.7 Å². The Balaban J connectivity index is 2.60. The molecule has 0 unspecified atom stereocenters. The van der Waals surface area contributed by atoms with Gasteiger partial charge in [0, 0.05) is 10.6 Å². The maximum absolute atomic E-state index is 12.7. The van der Waals surface area contributed by atoms with Gasteiger partial charge in [-0.1, -0.05) is 18.2 Å². The Kier molecular flexibility index (Phi) is 5.47. The first-order valence-corrected chi connectivity index (χ1v) is 6.36. The number of rotatable bonds is 5. The molecule has 0 saturated carbocycles. The highest BCUT2D eigenvalue weighted by Gasteiger charge is 2.32. The minimum Gasteiger partial charge on any atom is -0.295 e. The van der Waals surface area contributed by atoms with Crippen LogP contribution in [0, 0.1) is 0 Å². The molecule has 0 atom stereocenters. The molecular weight excluding hydrogens is 261 g/mol. The lowest BCUT2D eigenvalue weighted by atomic mass is 10.2. The van der Waals surface area contributed by atoms with E-state index in [-0.39, 0.29) is 10.7 Å². The molecule has 0 spiro atoms. The summed E-state index contributed by atoms with van der Waals surface area (Å²) >= 11 is 1.14. The van der Waals surface area contributed by atoms with Gasteiger partial charge in [-0.2, -0.15) is 13.2 Å². The standard InChI is InChI=1S/C13H13F3OS/c1-10(17)6-4-5-9-18-12-8-3-2-7-11(12)13(14,15)16/h2-4,6-8H,5,9H2,1H3. The predicted octanol–water partition coefficient (Wildman–Crippen LogP) is 4.33. The van der Waals surface area contributed by atoms with Crippen molar-refractivity contribution >= 4 is 17.5 Å². The van der Waals surface area contributed by atoms with Crippen LogP contribution in [0.1, 0.15) is 18.9 Å². The van der Waals surface area contributed by atoms with Gasteiger partial charge in [0.15, 0.2) is 5.78 Å². The molecule has 0 amide bonds. The van der Waals surface area contributed by atoms with E-state index in [1.807, 2.05) is 0 Å². The fraction of sp³-hybridized carbons (Fsp3) is 0.308. The summed E-state index contributed by atoms with van der Waals surface area (Å²) in [6, 6.07) is 5.50. The minimum absolute atomic E-state index is 0.0595.